The van der Waals surface area contributed by atoms with Gasteiger partial charge in [-0.25, -0.2) is 0 Å². The summed E-state index contributed by atoms with van der Waals surface area (Å²) in [4.78, 5) is 13.0. The van der Waals surface area contributed by atoms with Crippen molar-refractivity contribution in [3.63, 3.8) is 0 Å². The number of benzene rings is 2. The van der Waals surface area contributed by atoms with Crippen LogP contribution in [0.2, 0.25) is 0 Å². The predicted octanol–water partition coefficient (Wildman–Crippen LogP) is 4.50. The van der Waals surface area contributed by atoms with Crippen LogP contribution in [0, 0.1) is 0 Å². The van der Waals surface area contributed by atoms with Crippen molar-refractivity contribution in [2.75, 3.05) is 7.11 Å². The zero-order chi connectivity index (χ0) is 16.1. The fraction of sp³-hybridized carbons (Fsp3) is 0.350. The van der Waals surface area contributed by atoms with E-state index in [4.69, 9.17) is 9.47 Å². The van der Waals surface area contributed by atoms with Gasteiger partial charge in [0.25, 0.3) is 0 Å². The topological polar surface area (TPSA) is 35.5 Å². The first kappa shape index (κ1) is 15.6. The van der Waals surface area contributed by atoms with E-state index in [9.17, 15) is 4.79 Å². The summed E-state index contributed by atoms with van der Waals surface area (Å²) in [5.41, 5.74) is 0.553. The van der Waals surface area contributed by atoms with Crippen molar-refractivity contribution >= 4 is 5.97 Å². The molecule has 0 heterocycles. The Morgan fingerprint density at radius 3 is 2.09 bits per heavy atom. The molecule has 1 aliphatic carbocycles. The molecule has 0 radical (unpaired) electrons. The van der Waals surface area contributed by atoms with Crippen molar-refractivity contribution in [2.24, 2.45) is 0 Å². The number of hydrogen-bond acceptors (Lipinski definition) is 3. The first-order valence-corrected chi connectivity index (χ1v) is 8.16. The number of rotatable bonds is 4. The Kier molecular flexibility index (Phi) is 4.65. The van der Waals surface area contributed by atoms with Crippen molar-refractivity contribution in [3.8, 4) is 11.5 Å². The molecule has 0 N–H and O–H groups in total. The lowest BCUT2D eigenvalue weighted by Gasteiger charge is -2.35. The summed E-state index contributed by atoms with van der Waals surface area (Å²) in [6.07, 6.45) is 5.02. The molecule has 3 nitrogen and oxygen atoms in total. The number of carbonyl (C=O) groups is 1. The first-order valence-electron chi connectivity index (χ1n) is 8.16. The van der Waals surface area contributed by atoms with Crippen LogP contribution in [-0.4, -0.2) is 13.1 Å². The number of methoxy groups -OCH3 is 1. The summed E-state index contributed by atoms with van der Waals surface area (Å²) in [6.45, 7) is 0. The summed E-state index contributed by atoms with van der Waals surface area (Å²) in [5.74, 6) is 1.17. The van der Waals surface area contributed by atoms with Gasteiger partial charge in [0.1, 0.15) is 11.5 Å². The average Bonchev–Trinajstić information content (AvgIpc) is 2.63. The van der Waals surface area contributed by atoms with Crippen LogP contribution in [0.1, 0.15) is 37.7 Å². The highest BCUT2D eigenvalue weighted by Gasteiger charge is 2.42. The molecule has 1 aliphatic rings. The van der Waals surface area contributed by atoms with Crippen LogP contribution in [0.5, 0.6) is 11.5 Å². The minimum absolute atomic E-state index is 0.145. The zero-order valence-corrected chi connectivity index (χ0v) is 13.5. The minimum atomic E-state index is -0.514. The molecule has 0 atom stereocenters. The molecule has 0 amide bonds. The zero-order valence-electron chi connectivity index (χ0n) is 13.5. The molecular weight excluding hydrogens is 288 g/mol. The highest BCUT2D eigenvalue weighted by Crippen LogP contribution is 2.40. The third-order valence-corrected chi connectivity index (χ3v) is 4.69. The van der Waals surface area contributed by atoms with Gasteiger partial charge in [-0.15, -0.1) is 0 Å². The molecule has 0 unspecified atom stereocenters. The van der Waals surface area contributed by atoms with Crippen LogP contribution in [0.4, 0.5) is 0 Å². The lowest BCUT2D eigenvalue weighted by atomic mass is 9.69. The van der Waals surface area contributed by atoms with Gasteiger partial charge in [-0.2, -0.15) is 0 Å². The van der Waals surface area contributed by atoms with Gasteiger partial charge in [0.05, 0.1) is 12.5 Å². The molecule has 0 aliphatic heterocycles. The third-order valence-electron chi connectivity index (χ3n) is 4.69. The maximum absolute atomic E-state index is 13.0. The van der Waals surface area contributed by atoms with Crippen LogP contribution in [0.3, 0.4) is 0 Å². The summed E-state index contributed by atoms with van der Waals surface area (Å²) in [7, 11) is 1.62. The summed E-state index contributed by atoms with van der Waals surface area (Å²) in [6, 6.07) is 17.2. The minimum Gasteiger partial charge on any atom is -0.497 e. The van der Waals surface area contributed by atoms with Crippen molar-refractivity contribution in [3.05, 3.63) is 60.2 Å². The van der Waals surface area contributed by atoms with Gasteiger partial charge < -0.3 is 9.47 Å². The second-order valence-electron chi connectivity index (χ2n) is 6.07. The standard InChI is InChI=1S/C20H22O3/c1-22-17-10-12-18(13-11-17)23-19(21)20(14-6-3-7-15-20)16-8-4-2-5-9-16/h2,4-5,8-13H,3,6-7,14-15H2,1H3. The number of ether oxygens (including phenoxy) is 2. The fourth-order valence-corrected chi connectivity index (χ4v) is 3.37. The molecule has 0 spiro atoms. The monoisotopic (exact) mass is 310 g/mol. The Hall–Kier alpha value is -2.29. The Morgan fingerprint density at radius 1 is 0.870 bits per heavy atom. The highest BCUT2D eigenvalue weighted by atomic mass is 16.5. The summed E-state index contributed by atoms with van der Waals surface area (Å²) < 4.78 is 10.9. The Morgan fingerprint density at radius 2 is 1.48 bits per heavy atom. The van der Waals surface area contributed by atoms with Gasteiger partial charge in [0.15, 0.2) is 0 Å². The van der Waals surface area contributed by atoms with Gasteiger partial charge in [0, 0.05) is 0 Å². The van der Waals surface area contributed by atoms with E-state index in [1.54, 1.807) is 31.4 Å². The Balaban J connectivity index is 1.85. The van der Waals surface area contributed by atoms with E-state index in [1.165, 1.54) is 6.42 Å². The van der Waals surface area contributed by atoms with Crippen LogP contribution < -0.4 is 9.47 Å². The van der Waals surface area contributed by atoms with Gasteiger partial charge >= 0.3 is 5.97 Å². The van der Waals surface area contributed by atoms with Crippen LogP contribution in [0.15, 0.2) is 54.6 Å². The van der Waals surface area contributed by atoms with E-state index < -0.39 is 5.41 Å². The number of carbonyl (C=O) groups excluding carboxylic acids is 1. The van der Waals surface area contributed by atoms with Crippen molar-refractivity contribution in [1.82, 2.24) is 0 Å². The smallest absolute Gasteiger partial charge is 0.321 e. The van der Waals surface area contributed by atoms with Crippen LogP contribution in [-0.2, 0) is 10.2 Å². The summed E-state index contributed by atoms with van der Waals surface area (Å²) >= 11 is 0. The second-order valence-corrected chi connectivity index (χ2v) is 6.07. The molecule has 1 fully saturated rings. The molecule has 0 bridgehead atoms. The summed E-state index contributed by atoms with van der Waals surface area (Å²) in [5, 5.41) is 0. The van der Waals surface area contributed by atoms with Gasteiger partial charge in [-0.3, -0.25) is 4.79 Å². The molecule has 120 valence electrons. The molecule has 2 aromatic rings. The molecule has 0 saturated heterocycles. The maximum atomic E-state index is 13.0. The Bertz CT molecular complexity index is 640. The quantitative estimate of drug-likeness (QED) is 0.616. The number of esters is 1. The molecule has 3 heteroatoms. The molecule has 0 aromatic heterocycles. The van der Waals surface area contributed by atoms with Gasteiger partial charge in [-0.05, 0) is 42.7 Å². The maximum Gasteiger partial charge on any atom is 0.321 e. The third kappa shape index (κ3) is 3.24. The largest absolute Gasteiger partial charge is 0.497 e. The molecule has 1 saturated carbocycles. The fourth-order valence-electron chi connectivity index (χ4n) is 3.37. The second kappa shape index (κ2) is 6.86. The highest BCUT2D eigenvalue weighted by molar-refractivity contribution is 5.85. The predicted molar refractivity (Wildman–Crippen MR) is 89.8 cm³/mol. The van der Waals surface area contributed by atoms with Crippen molar-refractivity contribution < 1.29 is 14.3 Å². The molecular formula is C20H22O3. The van der Waals surface area contributed by atoms with Gasteiger partial charge in [-0.1, -0.05) is 49.6 Å². The van der Waals surface area contributed by atoms with E-state index in [-0.39, 0.29) is 5.97 Å². The van der Waals surface area contributed by atoms with E-state index in [0.29, 0.717) is 5.75 Å². The lowest BCUT2D eigenvalue weighted by Crippen LogP contribution is -2.41. The van der Waals surface area contributed by atoms with Crippen molar-refractivity contribution in [1.29, 1.82) is 0 Å². The van der Waals surface area contributed by atoms with Gasteiger partial charge in [0.2, 0.25) is 0 Å². The molecule has 3 rings (SSSR count). The molecule has 23 heavy (non-hydrogen) atoms. The Labute approximate surface area is 137 Å². The van der Waals surface area contributed by atoms with Crippen LogP contribution in [0.25, 0.3) is 0 Å². The van der Waals surface area contributed by atoms with E-state index >= 15 is 0 Å². The first-order chi connectivity index (χ1) is 11.2. The lowest BCUT2D eigenvalue weighted by molar-refractivity contribution is -0.142. The van der Waals surface area contributed by atoms with Crippen LogP contribution >= 0.6 is 0 Å². The molecule has 2 aromatic carbocycles. The SMILES string of the molecule is COc1ccc(OC(=O)C2(c3ccccc3)CCCCC2)cc1. The van der Waals surface area contributed by atoms with Crippen molar-refractivity contribution in [2.45, 2.75) is 37.5 Å². The van der Waals surface area contributed by atoms with E-state index in [0.717, 1.165) is 37.0 Å². The number of hydrogen-bond donors (Lipinski definition) is 0. The van der Waals surface area contributed by atoms with E-state index in [1.807, 2.05) is 30.3 Å². The van der Waals surface area contributed by atoms with E-state index in [2.05, 4.69) is 0 Å². The average molecular weight is 310 g/mol. The normalized spacial score (nSPS) is 16.6.